The van der Waals surface area contributed by atoms with E-state index in [9.17, 15) is 4.79 Å². The van der Waals surface area contributed by atoms with E-state index in [1.165, 1.54) is 61.0 Å². The quantitative estimate of drug-likeness (QED) is 0.902. The first-order valence-electron chi connectivity index (χ1n) is 9.93. The fourth-order valence-electron chi connectivity index (χ4n) is 4.79. The average molecular weight is 371 g/mol. The third kappa shape index (κ3) is 2.99. The van der Waals surface area contributed by atoms with E-state index in [4.69, 9.17) is 0 Å². The van der Waals surface area contributed by atoms with Crippen LogP contribution in [0.4, 0.5) is 5.69 Å². The van der Waals surface area contributed by atoms with Gasteiger partial charge in [0.15, 0.2) is 0 Å². The molecule has 4 saturated heterocycles. The van der Waals surface area contributed by atoms with Crippen LogP contribution in [0.1, 0.15) is 42.6 Å². The molecule has 4 aliphatic rings. The van der Waals surface area contributed by atoms with Crippen LogP contribution in [0.15, 0.2) is 17.6 Å². The first kappa shape index (κ1) is 16.5. The molecule has 1 unspecified atom stereocenters. The highest BCUT2D eigenvalue weighted by Gasteiger charge is 2.35. The van der Waals surface area contributed by atoms with Gasteiger partial charge in [0.05, 0.1) is 10.4 Å². The minimum absolute atomic E-state index is 0.0126. The summed E-state index contributed by atoms with van der Waals surface area (Å²) in [6, 6.07) is 2.29. The molecule has 26 heavy (non-hydrogen) atoms. The number of anilines is 1. The first-order chi connectivity index (χ1) is 12.8. The predicted molar refractivity (Wildman–Crippen MR) is 106 cm³/mol. The molecule has 4 aliphatic heterocycles. The van der Waals surface area contributed by atoms with Gasteiger partial charge in [-0.05, 0) is 57.2 Å². The zero-order chi connectivity index (χ0) is 17.5. The summed E-state index contributed by atoms with van der Waals surface area (Å²) < 4.78 is 1.17. The number of aromatic nitrogens is 1. The highest BCUT2D eigenvalue weighted by atomic mass is 32.1. The summed E-state index contributed by atoms with van der Waals surface area (Å²) in [6.45, 7) is 5.62. The number of carbonyl (C=O) groups is 1. The van der Waals surface area contributed by atoms with Gasteiger partial charge >= 0.3 is 0 Å². The Morgan fingerprint density at radius 3 is 2.69 bits per heavy atom. The molecule has 1 N–H and O–H groups in total. The Balaban J connectivity index is 1.37. The summed E-state index contributed by atoms with van der Waals surface area (Å²) in [4.78, 5) is 22.2. The number of fused-ring (bicyclic) bond motifs is 4. The van der Waals surface area contributed by atoms with E-state index in [1.54, 1.807) is 11.3 Å². The van der Waals surface area contributed by atoms with Crippen LogP contribution in [-0.2, 0) is 0 Å². The molecule has 6 heteroatoms. The van der Waals surface area contributed by atoms with Gasteiger partial charge in [0.1, 0.15) is 5.69 Å². The second-order valence-electron chi connectivity index (χ2n) is 7.95. The summed E-state index contributed by atoms with van der Waals surface area (Å²) in [6.07, 6.45) is 8.14. The van der Waals surface area contributed by atoms with Gasteiger partial charge in [0, 0.05) is 42.6 Å². The molecule has 2 aromatic heterocycles. The van der Waals surface area contributed by atoms with Gasteiger partial charge in [-0.15, -0.1) is 11.3 Å². The van der Waals surface area contributed by atoms with Gasteiger partial charge in [-0.1, -0.05) is 0 Å². The molecule has 2 bridgehead atoms. The van der Waals surface area contributed by atoms with Gasteiger partial charge < -0.3 is 15.1 Å². The maximum absolute atomic E-state index is 12.8. The van der Waals surface area contributed by atoms with Crippen molar-refractivity contribution in [3.8, 4) is 0 Å². The molecular weight excluding hydrogens is 344 g/mol. The van der Waals surface area contributed by atoms with E-state index in [2.05, 4.69) is 25.5 Å². The molecule has 6 heterocycles. The highest BCUT2D eigenvalue weighted by molar-refractivity contribution is 7.17. The number of nitrogens with zero attached hydrogens (tertiary/aromatic N) is 3. The summed E-state index contributed by atoms with van der Waals surface area (Å²) in [5, 5.41) is 6.68. The van der Waals surface area contributed by atoms with Crippen molar-refractivity contribution in [2.75, 3.05) is 37.6 Å². The number of rotatable bonds is 3. The predicted octanol–water partition coefficient (Wildman–Crippen LogP) is 3.11. The molecule has 0 aromatic carbocycles. The Kier molecular flexibility index (Phi) is 4.33. The monoisotopic (exact) mass is 370 g/mol. The summed E-state index contributed by atoms with van der Waals surface area (Å²) in [7, 11) is 0. The number of pyridine rings is 1. The zero-order valence-electron chi connectivity index (χ0n) is 15.1. The van der Waals surface area contributed by atoms with Crippen LogP contribution in [0, 0.1) is 5.92 Å². The third-order valence-corrected chi connectivity index (χ3v) is 7.26. The second-order valence-corrected chi connectivity index (χ2v) is 8.86. The summed E-state index contributed by atoms with van der Waals surface area (Å²) in [5.41, 5.74) is 1.84. The molecule has 5 nitrogen and oxygen atoms in total. The van der Waals surface area contributed by atoms with E-state index in [0.717, 1.165) is 19.6 Å². The highest BCUT2D eigenvalue weighted by Crippen LogP contribution is 2.34. The number of hydrogen-bond donors (Lipinski definition) is 1. The summed E-state index contributed by atoms with van der Waals surface area (Å²) in [5.74, 6) is 0.624. The van der Waals surface area contributed by atoms with Crippen molar-refractivity contribution in [1.82, 2.24) is 15.2 Å². The standard InChI is InChI=1S/C20H26N4OS/c25-20(22-17-12-23-8-4-14(17)5-9-23)16-10-15-18(13-26-19(15)11-21-16)24-6-2-1-3-7-24/h10-11,13-14,17H,1-9,12H2,(H,22,25). The number of nitrogens with one attached hydrogen (secondary N) is 1. The lowest BCUT2D eigenvalue weighted by Gasteiger charge is -2.44. The molecule has 0 aliphatic carbocycles. The first-order valence-corrected chi connectivity index (χ1v) is 10.8. The summed E-state index contributed by atoms with van der Waals surface area (Å²) >= 11 is 1.73. The number of amides is 1. The SMILES string of the molecule is O=C(NC1CN2CCC1CC2)c1cc2c(N3CCCCC3)csc2cn1. The van der Waals surface area contributed by atoms with Gasteiger partial charge in [-0.3, -0.25) is 4.79 Å². The van der Waals surface area contributed by atoms with E-state index < -0.39 is 0 Å². The molecule has 1 amide bonds. The van der Waals surface area contributed by atoms with Crippen LogP contribution < -0.4 is 10.2 Å². The average Bonchev–Trinajstić information content (AvgIpc) is 3.13. The normalized spacial score (nSPS) is 28.5. The Labute approximate surface area is 158 Å². The topological polar surface area (TPSA) is 48.5 Å². The largest absolute Gasteiger partial charge is 0.370 e. The molecule has 0 saturated carbocycles. The lowest BCUT2D eigenvalue weighted by molar-refractivity contribution is 0.0618. The minimum Gasteiger partial charge on any atom is -0.370 e. The van der Waals surface area contributed by atoms with Gasteiger partial charge in [0.25, 0.3) is 5.91 Å². The van der Waals surface area contributed by atoms with Crippen LogP contribution in [0.2, 0.25) is 0 Å². The van der Waals surface area contributed by atoms with Crippen LogP contribution >= 0.6 is 11.3 Å². The number of thiophene rings is 1. The molecule has 1 atom stereocenters. The van der Waals surface area contributed by atoms with Crippen molar-refractivity contribution in [3.63, 3.8) is 0 Å². The Morgan fingerprint density at radius 2 is 1.96 bits per heavy atom. The smallest absolute Gasteiger partial charge is 0.270 e. The number of carbonyl (C=O) groups excluding carboxylic acids is 1. The molecular formula is C20H26N4OS. The lowest BCUT2D eigenvalue weighted by Crippen LogP contribution is -2.57. The molecule has 2 aromatic rings. The third-order valence-electron chi connectivity index (χ3n) is 6.34. The zero-order valence-corrected chi connectivity index (χ0v) is 15.9. The van der Waals surface area contributed by atoms with Crippen LogP contribution in [0.5, 0.6) is 0 Å². The molecule has 4 fully saturated rings. The van der Waals surface area contributed by atoms with Crippen LogP contribution in [0.25, 0.3) is 10.1 Å². The maximum atomic E-state index is 12.8. The molecule has 6 rings (SSSR count). The number of piperidine rings is 4. The van der Waals surface area contributed by atoms with E-state index in [0.29, 0.717) is 11.6 Å². The Bertz CT molecular complexity index is 805. The fraction of sp³-hybridized carbons (Fsp3) is 0.600. The van der Waals surface area contributed by atoms with Crippen LogP contribution in [-0.4, -0.2) is 54.6 Å². The Hall–Kier alpha value is -1.66. The van der Waals surface area contributed by atoms with E-state index in [1.807, 2.05) is 12.3 Å². The molecule has 0 spiro atoms. The molecule has 0 radical (unpaired) electrons. The van der Waals surface area contributed by atoms with Crippen molar-refractivity contribution in [1.29, 1.82) is 0 Å². The van der Waals surface area contributed by atoms with Crippen molar-refractivity contribution in [3.05, 3.63) is 23.3 Å². The number of hydrogen-bond acceptors (Lipinski definition) is 5. The lowest BCUT2D eigenvalue weighted by atomic mass is 9.84. The minimum atomic E-state index is -0.0126. The van der Waals surface area contributed by atoms with Crippen molar-refractivity contribution in [2.45, 2.75) is 38.1 Å². The van der Waals surface area contributed by atoms with Crippen molar-refractivity contribution < 1.29 is 4.79 Å². The van der Waals surface area contributed by atoms with E-state index in [-0.39, 0.29) is 11.9 Å². The fourth-order valence-corrected chi connectivity index (χ4v) is 5.71. The Morgan fingerprint density at radius 1 is 1.15 bits per heavy atom. The van der Waals surface area contributed by atoms with Gasteiger partial charge in [-0.2, -0.15) is 0 Å². The second kappa shape index (κ2) is 6.82. The van der Waals surface area contributed by atoms with Gasteiger partial charge in [0.2, 0.25) is 0 Å². The van der Waals surface area contributed by atoms with Crippen molar-refractivity contribution in [2.24, 2.45) is 5.92 Å². The molecule has 138 valence electrons. The van der Waals surface area contributed by atoms with Crippen molar-refractivity contribution >= 4 is 33.0 Å². The maximum Gasteiger partial charge on any atom is 0.270 e. The van der Waals surface area contributed by atoms with Crippen LogP contribution in [0.3, 0.4) is 0 Å². The van der Waals surface area contributed by atoms with E-state index >= 15 is 0 Å². The van der Waals surface area contributed by atoms with Gasteiger partial charge in [-0.25, -0.2) is 4.98 Å².